The number of thioether (sulfide) groups is 1. The van der Waals surface area contributed by atoms with Crippen LogP contribution in [-0.4, -0.2) is 39.9 Å². The van der Waals surface area contributed by atoms with E-state index < -0.39 is 17.4 Å². The SMILES string of the molecule is O=C(NC1(C(=O)O)CCSC1)c1ccc(NC(=O)C2CC2)cc1. The second-order valence-corrected chi connectivity index (χ2v) is 7.09. The van der Waals surface area contributed by atoms with Gasteiger partial charge in [-0.15, -0.1) is 0 Å². The maximum Gasteiger partial charge on any atom is 0.330 e. The number of hydrogen-bond acceptors (Lipinski definition) is 4. The third-order valence-electron chi connectivity index (χ3n) is 4.15. The molecule has 0 spiro atoms. The Morgan fingerprint density at radius 3 is 2.39 bits per heavy atom. The molecule has 0 aromatic heterocycles. The molecule has 1 heterocycles. The van der Waals surface area contributed by atoms with Gasteiger partial charge in [-0.05, 0) is 49.3 Å². The zero-order valence-electron chi connectivity index (χ0n) is 12.5. The van der Waals surface area contributed by atoms with Gasteiger partial charge in [-0.1, -0.05) is 0 Å². The largest absolute Gasteiger partial charge is 0.479 e. The van der Waals surface area contributed by atoms with E-state index in [4.69, 9.17) is 0 Å². The quantitative estimate of drug-likeness (QED) is 0.762. The van der Waals surface area contributed by atoms with E-state index >= 15 is 0 Å². The van der Waals surface area contributed by atoms with E-state index in [-0.39, 0.29) is 11.8 Å². The van der Waals surface area contributed by atoms with Crippen molar-refractivity contribution in [2.45, 2.75) is 24.8 Å². The first-order chi connectivity index (χ1) is 11.0. The second kappa shape index (κ2) is 6.23. The molecule has 2 fully saturated rings. The number of amides is 2. The first-order valence-corrected chi connectivity index (χ1v) is 8.70. The van der Waals surface area contributed by atoms with Crippen molar-refractivity contribution >= 4 is 35.2 Å². The average molecular weight is 334 g/mol. The Bertz CT molecular complexity index is 634. The van der Waals surface area contributed by atoms with Crippen LogP contribution in [0.15, 0.2) is 24.3 Å². The molecule has 2 aliphatic rings. The van der Waals surface area contributed by atoms with Gasteiger partial charge in [0.05, 0.1) is 0 Å². The van der Waals surface area contributed by atoms with Gasteiger partial charge < -0.3 is 15.7 Å². The van der Waals surface area contributed by atoms with E-state index in [2.05, 4.69) is 10.6 Å². The Balaban J connectivity index is 1.65. The van der Waals surface area contributed by atoms with Crippen molar-refractivity contribution in [2.75, 3.05) is 16.8 Å². The molecule has 1 unspecified atom stereocenters. The minimum Gasteiger partial charge on any atom is -0.479 e. The number of rotatable bonds is 5. The molecule has 1 aromatic rings. The number of carbonyl (C=O) groups excluding carboxylic acids is 2. The molecule has 2 amide bonds. The monoisotopic (exact) mass is 334 g/mol. The standard InChI is InChI=1S/C16H18N2O4S/c19-13(10-1-2-10)17-12-5-3-11(4-6-12)14(20)18-16(15(21)22)7-8-23-9-16/h3-6,10H,1-2,7-9H2,(H,17,19)(H,18,20)(H,21,22). The Labute approximate surface area is 138 Å². The van der Waals surface area contributed by atoms with Gasteiger partial charge in [0, 0.05) is 22.9 Å². The molecule has 1 aromatic carbocycles. The van der Waals surface area contributed by atoms with Gasteiger partial charge in [0.25, 0.3) is 5.91 Å². The van der Waals surface area contributed by atoms with Crippen molar-refractivity contribution in [3.05, 3.63) is 29.8 Å². The van der Waals surface area contributed by atoms with Gasteiger partial charge in [0.2, 0.25) is 5.91 Å². The van der Waals surface area contributed by atoms with Crippen molar-refractivity contribution in [1.29, 1.82) is 0 Å². The molecule has 3 rings (SSSR count). The van der Waals surface area contributed by atoms with Crippen LogP contribution in [-0.2, 0) is 9.59 Å². The summed E-state index contributed by atoms with van der Waals surface area (Å²) in [6, 6.07) is 6.50. The van der Waals surface area contributed by atoms with Gasteiger partial charge in [0.1, 0.15) is 5.54 Å². The summed E-state index contributed by atoms with van der Waals surface area (Å²) in [4.78, 5) is 35.4. The van der Waals surface area contributed by atoms with Crippen LogP contribution in [0.1, 0.15) is 29.6 Å². The number of anilines is 1. The Kier molecular flexibility index (Phi) is 4.30. The maximum atomic E-state index is 12.3. The van der Waals surface area contributed by atoms with Crippen molar-refractivity contribution in [3.8, 4) is 0 Å². The highest BCUT2D eigenvalue weighted by Crippen LogP contribution is 2.30. The summed E-state index contributed by atoms with van der Waals surface area (Å²) in [6.45, 7) is 0. The van der Waals surface area contributed by atoms with E-state index in [0.717, 1.165) is 18.6 Å². The van der Waals surface area contributed by atoms with E-state index in [1.165, 1.54) is 11.8 Å². The highest BCUT2D eigenvalue weighted by molar-refractivity contribution is 7.99. The lowest BCUT2D eigenvalue weighted by Crippen LogP contribution is -2.54. The number of hydrogen-bond donors (Lipinski definition) is 3. The fourth-order valence-corrected chi connectivity index (χ4v) is 3.80. The number of carbonyl (C=O) groups is 3. The van der Waals surface area contributed by atoms with Gasteiger partial charge in [-0.2, -0.15) is 11.8 Å². The van der Waals surface area contributed by atoms with Crippen molar-refractivity contribution in [3.63, 3.8) is 0 Å². The Hall–Kier alpha value is -2.02. The highest BCUT2D eigenvalue weighted by atomic mass is 32.2. The molecule has 0 bridgehead atoms. The van der Waals surface area contributed by atoms with Gasteiger partial charge >= 0.3 is 5.97 Å². The van der Waals surface area contributed by atoms with Crippen LogP contribution >= 0.6 is 11.8 Å². The van der Waals surface area contributed by atoms with E-state index in [1.54, 1.807) is 24.3 Å². The van der Waals surface area contributed by atoms with Crippen molar-refractivity contribution in [2.24, 2.45) is 5.92 Å². The molecular weight excluding hydrogens is 316 g/mol. The van der Waals surface area contributed by atoms with Crippen molar-refractivity contribution in [1.82, 2.24) is 5.32 Å². The average Bonchev–Trinajstić information content (AvgIpc) is 3.28. The number of carboxylic acids is 1. The Morgan fingerprint density at radius 1 is 1.17 bits per heavy atom. The number of nitrogens with one attached hydrogen (secondary N) is 2. The van der Waals surface area contributed by atoms with Crippen LogP contribution in [0.4, 0.5) is 5.69 Å². The smallest absolute Gasteiger partial charge is 0.330 e. The van der Waals surface area contributed by atoms with Crippen LogP contribution in [0.2, 0.25) is 0 Å². The molecule has 23 heavy (non-hydrogen) atoms. The zero-order chi connectivity index (χ0) is 16.4. The van der Waals surface area contributed by atoms with E-state index in [9.17, 15) is 19.5 Å². The molecule has 1 atom stereocenters. The van der Waals surface area contributed by atoms with Crippen LogP contribution in [0, 0.1) is 5.92 Å². The minimum absolute atomic E-state index is 0.00927. The van der Waals surface area contributed by atoms with Gasteiger partial charge in [-0.3, -0.25) is 9.59 Å². The van der Waals surface area contributed by atoms with Crippen LogP contribution < -0.4 is 10.6 Å². The summed E-state index contributed by atoms with van der Waals surface area (Å²) in [5.41, 5.74) is -0.157. The molecule has 6 nitrogen and oxygen atoms in total. The van der Waals surface area contributed by atoms with Gasteiger partial charge in [-0.25, -0.2) is 4.79 Å². The van der Waals surface area contributed by atoms with Crippen molar-refractivity contribution < 1.29 is 19.5 Å². The highest BCUT2D eigenvalue weighted by Gasteiger charge is 2.43. The number of aliphatic carboxylic acids is 1. The predicted octanol–water partition coefficient (Wildman–Crippen LogP) is 1.73. The Morgan fingerprint density at radius 2 is 1.87 bits per heavy atom. The first-order valence-electron chi connectivity index (χ1n) is 7.55. The molecule has 1 aliphatic heterocycles. The fraction of sp³-hybridized carbons (Fsp3) is 0.438. The minimum atomic E-state index is -1.18. The summed E-state index contributed by atoms with van der Waals surface area (Å²) in [5, 5.41) is 14.8. The van der Waals surface area contributed by atoms with Crippen LogP contribution in [0.3, 0.4) is 0 Å². The molecule has 122 valence electrons. The molecule has 7 heteroatoms. The lowest BCUT2D eigenvalue weighted by molar-refractivity contribution is -0.143. The summed E-state index contributed by atoms with van der Waals surface area (Å²) >= 11 is 1.52. The zero-order valence-corrected chi connectivity index (χ0v) is 13.3. The molecular formula is C16H18N2O4S. The van der Waals surface area contributed by atoms with Gasteiger partial charge in [0.15, 0.2) is 0 Å². The van der Waals surface area contributed by atoms with E-state index in [1.807, 2.05) is 0 Å². The third kappa shape index (κ3) is 3.50. The van der Waals surface area contributed by atoms with E-state index in [0.29, 0.717) is 23.4 Å². The third-order valence-corrected chi connectivity index (χ3v) is 5.34. The number of benzene rings is 1. The molecule has 1 saturated heterocycles. The normalized spacial score (nSPS) is 23.3. The van der Waals surface area contributed by atoms with Crippen LogP contribution in [0.25, 0.3) is 0 Å². The molecule has 1 saturated carbocycles. The predicted molar refractivity (Wildman–Crippen MR) is 87.6 cm³/mol. The van der Waals surface area contributed by atoms with Crippen LogP contribution in [0.5, 0.6) is 0 Å². The molecule has 1 aliphatic carbocycles. The molecule has 3 N–H and O–H groups in total. The second-order valence-electron chi connectivity index (χ2n) is 5.98. The summed E-state index contributed by atoms with van der Waals surface area (Å²) in [7, 11) is 0. The lowest BCUT2D eigenvalue weighted by atomic mass is 9.98. The molecule has 0 radical (unpaired) electrons. The topological polar surface area (TPSA) is 95.5 Å². The lowest BCUT2D eigenvalue weighted by Gasteiger charge is -2.24. The summed E-state index contributed by atoms with van der Waals surface area (Å²) < 4.78 is 0. The summed E-state index contributed by atoms with van der Waals surface area (Å²) in [5.74, 6) is -0.176. The summed E-state index contributed by atoms with van der Waals surface area (Å²) in [6.07, 6.45) is 2.29. The fourth-order valence-electron chi connectivity index (χ4n) is 2.47. The maximum absolute atomic E-state index is 12.3. The first kappa shape index (κ1) is 15.9. The number of carboxylic acid groups (broad SMARTS) is 1.